The molecule has 2 saturated heterocycles. The molecule has 0 spiro atoms. The van der Waals surface area contributed by atoms with E-state index in [9.17, 15) is 4.79 Å². The van der Waals surface area contributed by atoms with Gasteiger partial charge in [-0.1, -0.05) is 0 Å². The summed E-state index contributed by atoms with van der Waals surface area (Å²) in [5.74, 6) is 1.66. The number of carbonyl (C=O) groups is 1. The molecule has 1 amide bonds. The van der Waals surface area contributed by atoms with Gasteiger partial charge in [-0.3, -0.25) is 9.78 Å². The highest BCUT2D eigenvalue weighted by atomic mass is 16.5. The fraction of sp³-hybridized carbons (Fsp3) is 0.444. The molecule has 0 N–H and O–H groups in total. The molecular weight excluding hydrogens is 320 g/mol. The van der Waals surface area contributed by atoms with Crippen molar-refractivity contribution in [3.63, 3.8) is 0 Å². The second kappa shape index (κ2) is 7.14. The van der Waals surface area contributed by atoms with Gasteiger partial charge in [0.1, 0.15) is 5.75 Å². The van der Waals surface area contributed by atoms with E-state index >= 15 is 0 Å². The first-order chi connectivity index (χ1) is 12.3. The summed E-state index contributed by atoms with van der Waals surface area (Å²) in [5, 5.41) is 0. The molecule has 2 fully saturated rings. The summed E-state index contributed by atoms with van der Waals surface area (Å²) >= 11 is 0. The zero-order valence-electron chi connectivity index (χ0n) is 13.8. The lowest BCUT2D eigenvalue weighted by Gasteiger charge is -2.19. The Morgan fingerprint density at radius 2 is 2.12 bits per heavy atom. The fourth-order valence-corrected chi connectivity index (χ4v) is 3.57. The maximum Gasteiger partial charge on any atom is 0.291 e. The zero-order chi connectivity index (χ0) is 17.1. The highest BCUT2D eigenvalue weighted by Crippen LogP contribution is 2.35. The van der Waals surface area contributed by atoms with E-state index < -0.39 is 0 Å². The maximum atomic E-state index is 12.5. The Bertz CT molecular complexity index is 713. The number of hydrogen-bond donors (Lipinski definition) is 0. The quantitative estimate of drug-likeness (QED) is 0.819. The molecule has 7 nitrogen and oxygen atoms in total. The highest BCUT2D eigenvalue weighted by Gasteiger charge is 2.45. The fourth-order valence-electron chi connectivity index (χ4n) is 3.57. The smallest absolute Gasteiger partial charge is 0.291 e. The number of ether oxygens (including phenoxy) is 2. The van der Waals surface area contributed by atoms with Crippen molar-refractivity contribution in [2.45, 2.75) is 12.5 Å². The first-order valence-electron chi connectivity index (χ1n) is 8.52. The summed E-state index contributed by atoms with van der Waals surface area (Å²) < 4.78 is 11.6. The van der Waals surface area contributed by atoms with Gasteiger partial charge in [-0.2, -0.15) is 0 Å². The summed E-state index contributed by atoms with van der Waals surface area (Å²) in [6, 6.07) is 5.46. The van der Waals surface area contributed by atoms with Crippen molar-refractivity contribution in [1.82, 2.24) is 19.9 Å². The molecule has 3 atom stereocenters. The normalized spacial score (nSPS) is 25.0. The van der Waals surface area contributed by atoms with Crippen LogP contribution in [0.25, 0.3) is 0 Å². The lowest BCUT2D eigenvalue weighted by atomic mass is 9.91. The van der Waals surface area contributed by atoms with Crippen LogP contribution in [0, 0.1) is 11.8 Å². The Morgan fingerprint density at radius 3 is 2.92 bits per heavy atom. The molecule has 2 aromatic heterocycles. The molecule has 4 rings (SSSR count). The number of hydrogen-bond acceptors (Lipinski definition) is 6. The van der Waals surface area contributed by atoms with E-state index in [1.807, 2.05) is 12.1 Å². The minimum atomic E-state index is -0.121. The van der Waals surface area contributed by atoms with Gasteiger partial charge in [-0.15, -0.1) is 0 Å². The molecular formula is C18H20N4O3. The third-order valence-electron chi connectivity index (χ3n) is 4.87. The predicted molar refractivity (Wildman–Crippen MR) is 89.0 cm³/mol. The molecule has 2 aromatic rings. The van der Waals surface area contributed by atoms with Gasteiger partial charge in [0.25, 0.3) is 5.91 Å². The average molecular weight is 340 g/mol. The van der Waals surface area contributed by atoms with Gasteiger partial charge in [0, 0.05) is 37.6 Å². The largest absolute Gasteiger partial charge is 0.492 e. The standard InChI is InChI=1S/C18H20N4O3/c23-18(17-20-6-2-7-21-17)22-10-15-13(12-25-16(15)11-22)4-8-24-14-3-1-5-19-9-14/h1-3,5-7,9,13,15-16H,4,8,10-12H2/t13-,15-,16-/m0/s1. The van der Waals surface area contributed by atoms with Gasteiger partial charge in [-0.25, -0.2) is 9.97 Å². The van der Waals surface area contributed by atoms with Crippen LogP contribution in [-0.2, 0) is 4.74 Å². The monoisotopic (exact) mass is 340 g/mol. The summed E-state index contributed by atoms with van der Waals surface area (Å²) in [6.07, 6.45) is 7.63. The van der Waals surface area contributed by atoms with Crippen molar-refractivity contribution in [2.75, 3.05) is 26.3 Å². The molecule has 2 aliphatic heterocycles. The van der Waals surface area contributed by atoms with Crippen molar-refractivity contribution in [1.29, 1.82) is 0 Å². The summed E-state index contributed by atoms with van der Waals surface area (Å²) in [7, 11) is 0. The van der Waals surface area contributed by atoms with Crippen molar-refractivity contribution in [3.8, 4) is 5.75 Å². The van der Waals surface area contributed by atoms with Crippen LogP contribution in [0.4, 0.5) is 0 Å². The molecule has 2 aliphatic rings. The minimum Gasteiger partial charge on any atom is -0.492 e. The second-order valence-electron chi connectivity index (χ2n) is 6.40. The van der Waals surface area contributed by atoms with E-state index in [0.717, 1.165) is 18.8 Å². The summed E-state index contributed by atoms with van der Waals surface area (Å²) in [5.41, 5.74) is 0. The number of aromatic nitrogens is 3. The maximum absolute atomic E-state index is 12.5. The SMILES string of the molecule is O=C(c1ncccn1)N1C[C@H]2[C@@H](CCOc3cccnc3)CO[C@H]2C1. The van der Waals surface area contributed by atoms with Crippen LogP contribution >= 0.6 is 0 Å². The third kappa shape index (κ3) is 3.46. The first kappa shape index (κ1) is 16.0. The number of pyridine rings is 1. The van der Waals surface area contributed by atoms with Gasteiger partial charge in [-0.05, 0) is 30.5 Å². The lowest BCUT2D eigenvalue weighted by Crippen LogP contribution is -2.32. The Hall–Kier alpha value is -2.54. The van der Waals surface area contributed by atoms with Crippen LogP contribution in [0.5, 0.6) is 5.75 Å². The Balaban J connectivity index is 1.31. The second-order valence-corrected chi connectivity index (χ2v) is 6.40. The molecule has 0 bridgehead atoms. The van der Waals surface area contributed by atoms with Crippen molar-refractivity contribution < 1.29 is 14.3 Å². The summed E-state index contributed by atoms with van der Waals surface area (Å²) in [4.78, 5) is 26.4. The van der Waals surface area contributed by atoms with Crippen molar-refractivity contribution in [3.05, 3.63) is 48.8 Å². The molecule has 0 aliphatic carbocycles. The average Bonchev–Trinajstić information content (AvgIpc) is 3.24. The van der Waals surface area contributed by atoms with Gasteiger partial charge < -0.3 is 14.4 Å². The Labute approximate surface area is 146 Å². The van der Waals surface area contributed by atoms with Gasteiger partial charge in [0.05, 0.1) is 25.5 Å². The van der Waals surface area contributed by atoms with Crippen LogP contribution in [0.3, 0.4) is 0 Å². The molecule has 0 aromatic carbocycles. The van der Waals surface area contributed by atoms with Crippen LogP contribution in [-0.4, -0.2) is 58.2 Å². The zero-order valence-corrected chi connectivity index (χ0v) is 13.8. The number of rotatable bonds is 5. The third-order valence-corrected chi connectivity index (χ3v) is 4.87. The van der Waals surface area contributed by atoms with Crippen LogP contribution in [0.15, 0.2) is 43.0 Å². The minimum absolute atomic E-state index is 0.107. The molecule has 0 radical (unpaired) electrons. The number of likely N-dealkylation sites (tertiary alicyclic amines) is 1. The van der Waals surface area contributed by atoms with Gasteiger partial charge >= 0.3 is 0 Å². The van der Waals surface area contributed by atoms with Crippen LogP contribution in [0.2, 0.25) is 0 Å². The van der Waals surface area contributed by atoms with Gasteiger partial charge in [0.15, 0.2) is 0 Å². The highest BCUT2D eigenvalue weighted by molar-refractivity contribution is 5.90. The molecule has 130 valence electrons. The van der Waals surface area contributed by atoms with E-state index in [1.165, 1.54) is 0 Å². The first-order valence-corrected chi connectivity index (χ1v) is 8.52. The lowest BCUT2D eigenvalue weighted by molar-refractivity contribution is 0.0662. The number of amides is 1. The van der Waals surface area contributed by atoms with Crippen molar-refractivity contribution in [2.24, 2.45) is 11.8 Å². The van der Waals surface area contributed by atoms with E-state index in [4.69, 9.17) is 9.47 Å². The molecule has 0 unspecified atom stereocenters. The molecule has 0 saturated carbocycles. The Kier molecular flexibility index (Phi) is 4.56. The van der Waals surface area contributed by atoms with E-state index in [1.54, 1.807) is 35.8 Å². The Morgan fingerprint density at radius 1 is 1.24 bits per heavy atom. The van der Waals surface area contributed by atoms with E-state index in [2.05, 4.69) is 15.0 Å². The van der Waals surface area contributed by atoms with Gasteiger partial charge in [0.2, 0.25) is 5.82 Å². The molecule has 7 heteroatoms. The number of nitrogens with zero attached hydrogens (tertiary/aromatic N) is 4. The van der Waals surface area contributed by atoms with E-state index in [0.29, 0.717) is 31.5 Å². The predicted octanol–water partition coefficient (Wildman–Crippen LogP) is 1.43. The topological polar surface area (TPSA) is 77.4 Å². The molecule has 4 heterocycles. The number of carbonyl (C=O) groups excluding carboxylic acids is 1. The molecule has 25 heavy (non-hydrogen) atoms. The van der Waals surface area contributed by atoms with E-state index in [-0.39, 0.29) is 17.8 Å². The number of fused-ring (bicyclic) bond motifs is 1. The van der Waals surface area contributed by atoms with Crippen molar-refractivity contribution >= 4 is 5.91 Å². The van der Waals surface area contributed by atoms with Crippen LogP contribution < -0.4 is 4.74 Å². The van der Waals surface area contributed by atoms with Crippen LogP contribution in [0.1, 0.15) is 17.0 Å². The summed E-state index contributed by atoms with van der Waals surface area (Å²) in [6.45, 7) is 2.66.